The molecular weight excluding hydrogens is 358 g/mol. The molecule has 1 fully saturated rings. The summed E-state index contributed by atoms with van der Waals surface area (Å²) in [5.41, 5.74) is 1.24. The van der Waals surface area contributed by atoms with Crippen LogP contribution in [0.3, 0.4) is 0 Å². The Bertz CT molecular complexity index is 920. The Morgan fingerprint density at radius 2 is 1.71 bits per heavy atom. The van der Waals surface area contributed by atoms with Crippen LogP contribution in [0.1, 0.15) is 30.5 Å². The molecule has 1 atom stereocenters. The van der Waals surface area contributed by atoms with Gasteiger partial charge in [0.1, 0.15) is 5.76 Å². The highest BCUT2D eigenvalue weighted by molar-refractivity contribution is 6.46. The number of benzene rings is 2. The summed E-state index contributed by atoms with van der Waals surface area (Å²) in [6, 6.07) is 13.3. The van der Waals surface area contributed by atoms with Crippen LogP contribution < -0.4 is 9.47 Å². The number of hydrogen-bond acceptors (Lipinski definition) is 5. The van der Waals surface area contributed by atoms with E-state index in [-0.39, 0.29) is 11.3 Å². The first-order valence-electron chi connectivity index (χ1n) is 9.09. The van der Waals surface area contributed by atoms with Gasteiger partial charge in [0.25, 0.3) is 11.7 Å². The lowest BCUT2D eigenvalue weighted by Crippen LogP contribution is -2.30. The summed E-state index contributed by atoms with van der Waals surface area (Å²) >= 11 is 0. The molecule has 1 amide bonds. The van der Waals surface area contributed by atoms with Crippen molar-refractivity contribution in [2.75, 3.05) is 20.8 Å². The number of Topliss-reactive ketones (excluding diaryl/α,β-unsaturated/α-hetero) is 1. The number of nitrogens with zero attached hydrogens (tertiary/aromatic N) is 1. The van der Waals surface area contributed by atoms with Crippen LogP contribution in [0.25, 0.3) is 5.76 Å². The normalized spacial score (nSPS) is 18.4. The summed E-state index contributed by atoms with van der Waals surface area (Å²) in [6.45, 7) is 2.33. The fraction of sp³-hybridized carbons (Fsp3) is 0.273. The van der Waals surface area contributed by atoms with Gasteiger partial charge in [-0.2, -0.15) is 0 Å². The Kier molecular flexibility index (Phi) is 5.68. The molecule has 1 aliphatic rings. The number of aliphatic hydroxyl groups excluding tert-OH is 1. The third kappa shape index (κ3) is 3.33. The summed E-state index contributed by atoms with van der Waals surface area (Å²) in [5.74, 6) is -0.449. The molecule has 1 aliphatic heterocycles. The first kappa shape index (κ1) is 19.5. The van der Waals surface area contributed by atoms with Crippen LogP contribution in [0.5, 0.6) is 11.5 Å². The Morgan fingerprint density at radius 1 is 1.04 bits per heavy atom. The van der Waals surface area contributed by atoms with Gasteiger partial charge in [0.05, 0.1) is 25.8 Å². The third-order valence-electron chi connectivity index (χ3n) is 4.78. The number of ketones is 1. The van der Waals surface area contributed by atoms with Crippen LogP contribution in [-0.4, -0.2) is 42.5 Å². The summed E-state index contributed by atoms with van der Waals surface area (Å²) < 4.78 is 10.7. The van der Waals surface area contributed by atoms with Gasteiger partial charge in [-0.05, 0) is 24.1 Å². The number of ether oxygens (including phenoxy) is 2. The van der Waals surface area contributed by atoms with E-state index in [0.717, 1.165) is 0 Å². The van der Waals surface area contributed by atoms with Crippen LogP contribution in [0.15, 0.2) is 54.1 Å². The van der Waals surface area contributed by atoms with Gasteiger partial charge in [0, 0.05) is 12.1 Å². The number of likely N-dealkylation sites (tertiary alicyclic amines) is 1. The molecule has 1 unspecified atom stereocenters. The van der Waals surface area contributed by atoms with E-state index < -0.39 is 17.7 Å². The molecule has 2 aromatic carbocycles. The maximum atomic E-state index is 12.8. The van der Waals surface area contributed by atoms with E-state index in [9.17, 15) is 14.7 Å². The largest absolute Gasteiger partial charge is 0.507 e. The van der Waals surface area contributed by atoms with Gasteiger partial charge < -0.3 is 19.5 Å². The van der Waals surface area contributed by atoms with E-state index in [0.29, 0.717) is 35.6 Å². The van der Waals surface area contributed by atoms with E-state index in [2.05, 4.69) is 0 Å². The van der Waals surface area contributed by atoms with Crippen molar-refractivity contribution in [3.63, 3.8) is 0 Å². The van der Waals surface area contributed by atoms with E-state index >= 15 is 0 Å². The van der Waals surface area contributed by atoms with Gasteiger partial charge in [-0.25, -0.2) is 0 Å². The number of aliphatic hydroxyl groups is 1. The average molecular weight is 381 g/mol. The summed E-state index contributed by atoms with van der Waals surface area (Å²) in [7, 11) is 3.06. The predicted molar refractivity (Wildman–Crippen MR) is 105 cm³/mol. The minimum atomic E-state index is -0.694. The third-order valence-corrected chi connectivity index (χ3v) is 4.78. The highest BCUT2D eigenvalue weighted by atomic mass is 16.5. The van der Waals surface area contributed by atoms with Crippen molar-refractivity contribution in [1.29, 1.82) is 0 Å². The molecule has 0 radical (unpaired) electrons. The molecule has 1 saturated heterocycles. The number of carbonyl (C=O) groups excluding carboxylic acids is 2. The molecule has 6 nitrogen and oxygen atoms in total. The average Bonchev–Trinajstić information content (AvgIpc) is 2.98. The molecule has 146 valence electrons. The number of methoxy groups -OCH3 is 2. The molecule has 1 heterocycles. The predicted octanol–water partition coefficient (Wildman–Crippen LogP) is 3.54. The van der Waals surface area contributed by atoms with Gasteiger partial charge in [-0.1, -0.05) is 43.3 Å². The van der Waals surface area contributed by atoms with Crippen LogP contribution in [0.4, 0.5) is 0 Å². The van der Waals surface area contributed by atoms with Crippen LogP contribution in [0.2, 0.25) is 0 Å². The van der Waals surface area contributed by atoms with E-state index in [4.69, 9.17) is 9.47 Å². The second-order valence-electron chi connectivity index (χ2n) is 6.47. The smallest absolute Gasteiger partial charge is 0.295 e. The SMILES string of the molecule is CCCN1C(=O)C(=O)/C(=C(/O)c2ccccc2)C1c1ccc(OC)c(OC)c1. The van der Waals surface area contributed by atoms with Crippen molar-refractivity contribution in [3.05, 3.63) is 65.2 Å². The van der Waals surface area contributed by atoms with Gasteiger partial charge in [-0.15, -0.1) is 0 Å². The second-order valence-corrected chi connectivity index (χ2v) is 6.47. The van der Waals surface area contributed by atoms with Crippen LogP contribution >= 0.6 is 0 Å². The van der Waals surface area contributed by atoms with Gasteiger partial charge >= 0.3 is 0 Å². The van der Waals surface area contributed by atoms with Crippen molar-refractivity contribution < 1.29 is 24.2 Å². The molecule has 0 bridgehead atoms. The topological polar surface area (TPSA) is 76.1 Å². The minimum Gasteiger partial charge on any atom is -0.507 e. The lowest BCUT2D eigenvalue weighted by Gasteiger charge is -2.25. The highest BCUT2D eigenvalue weighted by Gasteiger charge is 2.45. The zero-order valence-corrected chi connectivity index (χ0v) is 16.1. The van der Waals surface area contributed by atoms with E-state index in [1.807, 2.05) is 13.0 Å². The van der Waals surface area contributed by atoms with E-state index in [1.54, 1.807) is 42.5 Å². The molecule has 1 N–H and O–H groups in total. The fourth-order valence-corrected chi connectivity index (χ4v) is 3.47. The molecule has 6 heteroatoms. The molecule has 3 rings (SSSR count). The van der Waals surface area contributed by atoms with Gasteiger partial charge in [-0.3, -0.25) is 9.59 Å². The maximum Gasteiger partial charge on any atom is 0.295 e. The van der Waals surface area contributed by atoms with Crippen molar-refractivity contribution in [2.45, 2.75) is 19.4 Å². The van der Waals surface area contributed by atoms with Crippen molar-refractivity contribution in [2.24, 2.45) is 0 Å². The summed E-state index contributed by atoms with van der Waals surface area (Å²) in [5, 5.41) is 10.9. The second kappa shape index (κ2) is 8.17. The van der Waals surface area contributed by atoms with Crippen molar-refractivity contribution in [3.8, 4) is 11.5 Å². The number of hydrogen-bond donors (Lipinski definition) is 1. The molecule has 0 spiro atoms. The minimum absolute atomic E-state index is 0.0804. The maximum absolute atomic E-state index is 12.8. The lowest BCUT2D eigenvalue weighted by molar-refractivity contribution is -0.139. The van der Waals surface area contributed by atoms with Gasteiger partial charge in [0.2, 0.25) is 0 Å². The first-order chi connectivity index (χ1) is 13.5. The molecule has 28 heavy (non-hydrogen) atoms. The standard InChI is InChI=1S/C22H23NO5/c1-4-12-23-19(15-10-11-16(27-2)17(13-15)28-3)18(21(25)22(23)26)20(24)14-8-6-5-7-9-14/h5-11,13,19,24H,4,12H2,1-3H3/b20-18+. The fourth-order valence-electron chi connectivity index (χ4n) is 3.47. The monoisotopic (exact) mass is 381 g/mol. The first-order valence-corrected chi connectivity index (χ1v) is 9.09. The zero-order valence-electron chi connectivity index (χ0n) is 16.1. The van der Waals surface area contributed by atoms with Gasteiger partial charge in [0.15, 0.2) is 11.5 Å². The Labute approximate surface area is 164 Å². The Hall–Kier alpha value is -3.28. The molecule has 0 aromatic heterocycles. The molecular formula is C22H23NO5. The molecule has 2 aromatic rings. The number of amides is 1. The van der Waals surface area contributed by atoms with Crippen molar-refractivity contribution >= 4 is 17.4 Å². The number of rotatable bonds is 6. The van der Waals surface area contributed by atoms with Crippen LogP contribution in [-0.2, 0) is 9.59 Å². The Balaban J connectivity index is 2.20. The van der Waals surface area contributed by atoms with Crippen LogP contribution in [0, 0.1) is 0 Å². The van der Waals surface area contributed by atoms with Crippen molar-refractivity contribution in [1.82, 2.24) is 4.90 Å². The Morgan fingerprint density at radius 3 is 2.32 bits per heavy atom. The summed E-state index contributed by atoms with van der Waals surface area (Å²) in [6.07, 6.45) is 0.683. The zero-order chi connectivity index (χ0) is 20.3. The number of carbonyl (C=O) groups is 2. The summed E-state index contributed by atoms with van der Waals surface area (Å²) in [4.78, 5) is 27.0. The van der Waals surface area contributed by atoms with E-state index in [1.165, 1.54) is 19.1 Å². The highest BCUT2D eigenvalue weighted by Crippen LogP contribution is 2.41. The lowest BCUT2D eigenvalue weighted by atomic mass is 9.95. The quantitative estimate of drug-likeness (QED) is 0.471. The molecule has 0 saturated carbocycles. The molecule has 0 aliphatic carbocycles.